The van der Waals surface area contributed by atoms with Gasteiger partial charge in [-0.15, -0.1) is 11.3 Å². The van der Waals surface area contributed by atoms with Gasteiger partial charge in [0.2, 0.25) is 0 Å². The first kappa shape index (κ1) is 15.6. The van der Waals surface area contributed by atoms with Gasteiger partial charge < -0.3 is 20.3 Å². The van der Waals surface area contributed by atoms with Gasteiger partial charge in [0.05, 0.1) is 22.5 Å². The molecule has 4 rings (SSSR count). The lowest BCUT2D eigenvalue weighted by Crippen LogP contribution is -2.17. The first-order valence-electron chi connectivity index (χ1n) is 7.91. The lowest BCUT2D eigenvalue weighted by Gasteiger charge is -2.14. The minimum atomic E-state index is -0.236. The van der Waals surface area contributed by atoms with Crippen molar-refractivity contribution in [2.45, 2.75) is 26.8 Å². The van der Waals surface area contributed by atoms with Crippen LogP contribution in [0.2, 0.25) is 0 Å². The van der Waals surface area contributed by atoms with Crippen LogP contribution in [0, 0.1) is 13.8 Å². The summed E-state index contributed by atoms with van der Waals surface area (Å²) in [4.78, 5) is 38.6. The van der Waals surface area contributed by atoms with Gasteiger partial charge >= 0.3 is 5.69 Å². The quantitative estimate of drug-likeness (QED) is 0.453. The zero-order valence-electron chi connectivity index (χ0n) is 14.0. The lowest BCUT2D eigenvalue weighted by atomic mass is 10.2. The first-order valence-corrected chi connectivity index (χ1v) is 8.72. The maximum atomic E-state index is 12.4. The molecule has 0 fully saturated rings. The monoisotopic (exact) mass is 355 g/mol. The number of nitrogens with one attached hydrogen (secondary N) is 4. The molecule has 1 aromatic carbocycles. The number of aromatic nitrogens is 4. The van der Waals surface area contributed by atoms with Crippen LogP contribution in [0.4, 0.5) is 5.69 Å². The predicted octanol–water partition coefficient (Wildman–Crippen LogP) is 2.94. The Morgan fingerprint density at radius 1 is 1.12 bits per heavy atom. The molecule has 0 bridgehead atoms. The highest BCUT2D eigenvalue weighted by molar-refractivity contribution is 7.18. The van der Waals surface area contributed by atoms with E-state index in [1.807, 2.05) is 39.0 Å². The topological polar surface area (TPSA) is 106 Å². The van der Waals surface area contributed by atoms with Gasteiger partial charge in [-0.05, 0) is 44.5 Å². The molecule has 0 amide bonds. The summed E-state index contributed by atoms with van der Waals surface area (Å²) in [6.45, 7) is 5.87. The fraction of sp³-hybridized carbons (Fsp3) is 0.235. The third-order valence-electron chi connectivity index (χ3n) is 4.37. The molecule has 0 saturated carbocycles. The molecule has 4 aromatic rings. The number of hydrogen-bond acceptors (Lipinski definition) is 5. The van der Waals surface area contributed by atoms with Crippen molar-refractivity contribution in [1.29, 1.82) is 0 Å². The van der Waals surface area contributed by atoms with Crippen LogP contribution < -0.4 is 16.6 Å². The van der Waals surface area contributed by atoms with E-state index in [9.17, 15) is 9.59 Å². The molecule has 0 unspecified atom stereocenters. The van der Waals surface area contributed by atoms with E-state index in [2.05, 4.69) is 25.3 Å². The van der Waals surface area contributed by atoms with Crippen molar-refractivity contribution < 1.29 is 0 Å². The van der Waals surface area contributed by atoms with Crippen LogP contribution in [0.3, 0.4) is 0 Å². The van der Waals surface area contributed by atoms with Gasteiger partial charge in [-0.25, -0.2) is 9.78 Å². The van der Waals surface area contributed by atoms with E-state index < -0.39 is 0 Å². The van der Waals surface area contributed by atoms with Crippen molar-refractivity contribution in [2.75, 3.05) is 5.32 Å². The summed E-state index contributed by atoms with van der Waals surface area (Å²) in [5.41, 5.74) is 2.95. The smallest absolute Gasteiger partial charge is 0.323 e. The van der Waals surface area contributed by atoms with Crippen LogP contribution >= 0.6 is 11.3 Å². The largest absolute Gasteiger partial charge is 0.375 e. The van der Waals surface area contributed by atoms with E-state index in [0.717, 1.165) is 32.0 Å². The molecular formula is C17H17N5O2S. The normalized spacial score (nSPS) is 12.8. The molecule has 3 heterocycles. The zero-order valence-corrected chi connectivity index (χ0v) is 14.8. The van der Waals surface area contributed by atoms with Gasteiger partial charge in [0.1, 0.15) is 10.7 Å². The van der Waals surface area contributed by atoms with E-state index in [-0.39, 0.29) is 17.3 Å². The van der Waals surface area contributed by atoms with Gasteiger partial charge in [-0.1, -0.05) is 0 Å². The summed E-state index contributed by atoms with van der Waals surface area (Å²) in [5, 5.41) is 3.98. The average Bonchev–Trinajstić information content (AvgIpc) is 3.06. The Kier molecular flexibility index (Phi) is 3.50. The van der Waals surface area contributed by atoms with Crippen LogP contribution in [-0.2, 0) is 0 Å². The second-order valence-electron chi connectivity index (χ2n) is 6.12. The van der Waals surface area contributed by atoms with Crippen LogP contribution in [0.25, 0.3) is 21.3 Å². The molecule has 0 spiro atoms. The number of nitrogens with zero attached hydrogens (tertiary/aromatic N) is 1. The summed E-state index contributed by atoms with van der Waals surface area (Å²) in [5.74, 6) is 0.585. The van der Waals surface area contributed by atoms with Gasteiger partial charge in [0.15, 0.2) is 0 Å². The highest BCUT2D eigenvalue weighted by Crippen LogP contribution is 2.27. The Hall–Kier alpha value is -2.87. The summed E-state index contributed by atoms with van der Waals surface area (Å²) < 4.78 is 0. The highest BCUT2D eigenvalue weighted by atomic mass is 32.1. The molecular weight excluding hydrogens is 338 g/mol. The molecule has 25 heavy (non-hydrogen) atoms. The lowest BCUT2D eigenvalue weighted by molar-refractivity contribution is 0.793. The number of thiophene rings is 1. The highest BCUT2D eigenvalue weighted by Gasteiger charge is 2.15. The fourth-order valence-electron chi connectivity index (χ4n) is 2.92. The SMILES string of the molecule is Cc1sc2nc([C@@H](C)Nc3ccc4[nH]c(=O)[nH]c4c3)[nH]c(=O)c2c1C. The van der Waals surface area contributed by atoms with E-state index in [4.69, 9.17) is 0 Å². The molecule has 1 atom stereocenters. The number of benzene rings is 1. The van der Waals surface area contributed by atoms with Crippen molar-refractivity contribution in [3.8, 4) is 0 Å². The Bertz CT molecular complexity index is 1210. The maximum absolute atomic E-state index is 12.4. The number of imidazole rings is 1. The van der Waals surface area contributed by atoms with Crippen molar-refractivity contribution >= 4 is 38.3 Å². The van der Waals surface area contributed by atoms with Gasteiger partial charge in [0.25, 0.3) is 5.56 Å². The van der Waals surface area contributed by atoms with Gasteiger partial charge in [0, 0.05) is 10.6 Å². The van der Waals surface area contributed by atoms with Crippen LogP contribution in [0.1, 0.15) is 29.2 Å². The standard InChI is InChI=1S/C17H17N5O2S/c1-7-9(3)25-16-13(7)15(23)21-14(22-16)8(2)18-10-4-5-11-12(6-10)20-17(24)19-11/h4-6,8,18H,1-3H3,(H2,19,20,24)(H,21,22,23)/t8-/m1/s1. The third-order valence-corrected chi connectivity index (χ3v) is 5.47. The van der Waals surface area contributed by atoms with Crippen LogP contribution in [0.15, 0.2) is 27.8 Å². The Morgan fingerprint density at radius 2 is 1.88 bits per heavy atom. The minimum Gasteiger partial charge on any atom is -0.375 e. The maximum Gasteiger partial charge on any atom is 0.323 e. The summed E-state index contributed by atoms with van der Waals surface area (Å²) in [6, 6.07) is 5.36. The Balaban J connectivity index is 1.69. The number of anilines is 1. The third kappa shape index (κ3) is 2.64. The number of H-pyrrole nitrogens is 3. The fourth-order valence-corrected chi connectivity index (χ4v) is 3.95. The Labute approximate surface area is 146 Å². The first-order chi connectivity index (χ1) is 11.9. The number of rotatable bonds is 3. The van der Waals surface area contributed by atoms with Crippen LogP contribution in [0.5, 0.6) is 0 Å². The number of hydrogen-bond donors (Lipinski definition) is 4. The molecule has 7 nitrogen and oxygen atoms in total. The van der Waals surface area contributed by atoms with E-state index >= 15 is 0 Å². The van der Waals surface area contributed by atoms with Gasteiger partial charge in [-0.2, -0.15) is 0 Å². The van der Waals surface area contributed by atoms with E-state index in [0.29, 0.717) is 11.2 Å². The van der Waals surface area contributed by atoms with Crippen LogP contribution in [-0.4, -0.2) is 19.9 Å². The Morgan fingerprint density at radius 3 is 2.68 bits per heavy atom. The zero-order chi connectivity index (χ0) is 17.7. The molecule has 0 saturated heterocycles. The van der Waals surface area contributed by atoms with Gasteiger partial charge in [-0.3, -0.25) is 4.79 Å². The number of fused-ring (bicyclic) bond motifs is 2. The van der Waals surface area contributed by atoms with Crippen molar-refractivity contribution in [2.24, 2.45) is 0 Å². The van der Waals surface area contributed by atoms with Crippen molar-refractivity contribution in [1.82, 2.24) is 19.9 Å². The minimum absolute atomic E-state index is 0.110. The van der Waals surface area contributed by atoms with Crippen molar-refractivity contribution in [3.05, 3.63) is 55.3 Å². The second kappa shape index (κ2) is 5.59. The molecule has 0 aliphatic carbocycles. The summed E-state index contributed by atoms with van der Waals surface area (Å²) in [6.07, 6.45) is 0. The second-order valence-corrected chi connectivity index (χ2v) is 7.32. The predicted molar refractivity (Wildman–Crippen MR) is 101 cm³/mol. The molecule has 8 heteroatoms. The van der Waals surface area contributed by atoms with E-state index in [1.165, 1.54) is 11.3 Å². The molecule has 128 valence electrons. The summed E-state index contributed by atoms with van der Waals surface area (Å²) in [7, 11) is 0. The van der Waals surface area contributed by atoms with E-state index in [1.54, 1.807) is 0 Å². The molecule has 3 aromatic heterocycles. The van der Waals surface area contributed by atoms with Crippen molar-refractivity contribution in [3.63, 3.8) is 0 Å². The molecule has 0 aliphatic rings. The molecule has 0 radical (unpaired) electrons. The molecule has 0 aliphatic heterocycles. The summed E-state index contributed by atoms with van der Waals surface area (Å²) >= 11 is 1.53. The average molecular weight is 355 g/mol. The molecule has 4 N–H and O–H groups in total. The number of aromatic amines is 3. The number of aryl methyl sites for hydroxylation is 2.